The average Bonchev–Trinajstić information content (AvgIpc) is 2.80. The Bertz CT molecular complexity index is 1380. The number of ether oxygens (including phenoxy) is 1. The summed E-state index contributed by atoms with van der Waals surface area (Å²) in [6, 6.07) is 14.8. The lowest BCUT2D eigenvalue weighted by Gasteiger charge is -2.11. The summed E-state index contributed by atoms with van der Waals surface area (Å²) in [6.45, 7) is 3.66. The quantitative estimate of drug-likeness (QED) is 0.409. The van der Waals surface area contributed by atoms with E-state index in [0.29, 0.717) is 22.3 Å². The maximum atomic E-state index is 11.0. The molecule has 0 unspecified atom stereocenters. The number of carbonyl (C=O) groups is 1. The predicted octanol–water partition coefficient (Wildman–Crippen LogP) is 5.01. The molecule has 2 N–H and O–H groups in total. The zero-order valence-corrected chi connectivity index (χ0v) is 18.8. The maximum absolute atomic E-state index is 11.0. The fraction of sp³-hybridized carbons (Fsp3) is 0.120. The Labute approximate surface area is 196 Å². The Hall–Kier alpha value is -4.15. The third-order valence-corrected chi connectivity index (χ3v) is 4.90. The standard InChI is InChI=1S/C25H20ClN5O2/c1-16-5-8-20(14-28-16)33-24-10-7-19(13-22(24)26)31-25-21-12-18(4-3-11-27-17(2)32)6-9-23(21)29-15-30-25/h5-10,12-15H,11H2,1-2H3,(H,27,32)(H,29,30,31). The highest BCUT2D eigenvalue weighted by Crippen LogP contribution is 2.33. The molecule has 2 heterocycles. The first-order chi connectivity index (χ1) is 16.0. The van der Waals surface area contributed by atoms with E-state index >= 15 is 0 Å². The number of halogens is 1. The van der Waals surface area contributed by atoms with Crippen molar-refractivity contribution < 1.29 is 9.53 Å². The van der Waals surface area contributed by atoms with Crippen molar-refractivity contribution in [2.45, 2.75) is 13.8 Å². The van der Waals surface area contributed by atoms with E-state index in [2.05, 4.69) is 37.4 Å². The molecule has 0 atom stereocenters. The van der Waals surface area contributed by atoms with Gasteiger partial charge in [-0.3, -0.25) is 9.78 Å². The van der Waals surface area contributed by atoms with Gasteiger partial charge in [0.05, 0.1) is 23.3 Å². The van der Waals surface area contributed by atoms with Gasteiger partial charge < -0.3 is 15.4 Å². The number of pyridine rings is 1. The lowest BCUT2D eigenvalue weighted by molar-refractivity contribution is -0.118. The van der Waals surface area contributed by atoms with E-state index in [4.69, 9.17) is 16.3 Å². The Morgan fingerprint density at radius 3 is 2.73 bits per heavy atom. The molecule has 7 nitrogen and oxygen atoms in total. The minimum absolute atomic E-state index is 0.117. The number of aromatic nitrogens is 3. The van der Waals surface area contributed by atoms with Crippen LogP contribution >= 0.6 is 11.6 Å². The summed E-state index contributed by atoms with van der Waals surface area (Å²) in [5, 5.41) is 7.19. The highest BCUT2D eigenvalue weighted by atomic mass is 35.5. The lowest BCUT2D eigenvalue weighted by Crippen LogP contribution is -2.19. The molecule has 4 rings (SSSR count). The average molecular weight is 458 g/mol. The molecular weight excluding hydrogens is 438 g/mol. The van der Waals surface area contributed by atoms with Crippen LogP contribution in [0.15, 0.2) is 61.1 Å². The van der Waals surface area contributed by atoms with Crippen molar-refractivity contribution in [1.82, 2.24) is 20.3 Å². The molecule has 164 valence electrons. The van der Waals surface area contributed by atoms with E-state index in [0.717, 1.165) is 27.8 Å². The van der Waals surface area contributed by atoms with Gasteiger partial charge in [0.2, 0.25) is 5.91 Å². The molecule has 0 bridgehead atoms. The Morgan fingerprint density at radius 2 is 1.97 bits per heavy atom. The number of hydrogen-bond donors (Lipinski definition) is 2. The van der Waals surface area contributed by atoms with Crippen LogP contribution in [0.25, 0.3) is 10.9 Å². The minimum Gasteiger partial charge on any atom is -0.454 e. The van der Waals surface area contributed by atoms with Crippen molar-refractivity contribution in [2.24, 2.45) is 0 Å². The Morgan fingerprint density at radius 1 is 1.09 bits per heavy atom. The van der Waals surface area contributed by atoms with Gasteiger partial charge in [0.25, 0.3) is 0 Å². The second-order valence-corrected chi connectivity index (χ2v) is 7.58. The Kier molecular flexibility index (Phi) is 6.67. The SMILES string of the molecule is CC(=O)NCC#Cc1ccc2ncnc(Nc3ccc(Oc4ccc(C)nc4)c(Cl)c3)c2c1. The van der Waals surface area contributed by atoms with Gasteiger partial charge in [0.15, 0.2) is 0 Å². The largest absolute Gasteiger partial charge is 0.454 e. The van der Waals surface area contributed by atoms with Gasteiger partial charge in [-0.15, -0.1) is 0 Å². The van der Waals surface area contributed by atoms with Gasteiger partial charge in [0.1, 0.15) is 23.6 Å². The summed E-state index contributed by atoms with van der Waals surface area (Å²) in [6.07, 6.45) is 3.15. The van der Waals surface area contributed by atoms with Crippen LogP contribution in [-0.4, -0.2) is 27.4 Å². The molecule has 0 aliphatic heterocycles. The number of amides is 1. The van der Waals surface area contributed by atoms with Crippen molar-refractivity contribution in [3.63, 3.8) is 0 Å². The highest BCUT2D eigenvalue weighted by molar-refractivity contribution is 6.32. The third-order valence-electron chi connectivity index (χ3n) is 4.60. The van der Waals surface area contributed by atoms with E-state index in [-0.39, 0.29) is 12.5 Å². The zero-order valence-electron chi connectivity index (χ0n) is 18.0. The molecule has 1 amide bonds. The molecule has 2 aromatic carbocycles. The smallest absolute Gasteiger partial charge is 0.217 e. The van der Waals surface area contributed by atoms with Crippen LogP contribution in [-0.2, 0) is 4.79 Å². The molecule has 0 saturated carbocycles. The number of rotatable bonds is 5. The third kappa shape index (κ3) is 5.76. The van der Waals surface area contributed by atoms with Gasteiger partial charge in [-0.25, -0.2) is 9.97 Å². The molecule has 0 aliphatic rings. The molecule has 0 fully saturated rings. The molecule has 0 saturated heterocycles. The zero-order chi connectivity index (χ0) is 23.2. The number of nitrogens with zero attached hydrogens (tertiary/aromatic N) is 3. The summed E-state index contributed by atoms with van der Waals surface area (Å²) in [5.74, 6) is 7.60. The van der Waals surface area contributed by atoms with Gasteiger partial charge >= 0.3 is 0 Å². The summed E-state index contributed by atoms with van der Waals surface area (Å²) in [7, 11) is 0. The van der Waals surface area contributed by atoms with Crippen LogP contribution in [0, 0.1) is 18.8 Å². The van der Waals surface area contributed by atoms with Crippen molar-refractivity contribution in [2.75, 3.05) is 11.9 Å². The maximum Gasteiger partial charge on any atom is 0.217 e. The molecule has 8 heteroatoms. The van der Waals surface area contributed by atoms with E-state index in [1.807, 2.05) is 43.3 Å². The number of hydrogen-bond acceptors (Lipinski definition) is 6. The van der Waals surface area contributed by atoms with E-state index in [1.54, 1.807) is 18.3 Å². The van der Waals surface area contributed by atoms with Crippen LogP contribution in [0.3, 0.4) is 0 Å². The normalized spacial score (nSPS) is 10.3. The van der Waals surface area contributed by atoms with Crippen LogP contribution < -0.4 is 15.4 Å². The topological polar surface area (TPSA) is 89.0 Å². The molecule has 4 aromatic rings. The number of benzene rings is 2. The van der Waals surface area contributed by atoms with Crippen molar-refractivity contribution in [3.8, 4) is 23.3 Å². The number of nitrogens with one attached hydrogen (secondary N) is 2. The first-order valence-corrected chi connectivity index (χ1v) is 10.5. The van der Waals surface area contributed by atoms with E-state index in [9.17, 15) is 4.79 Å². The second kappa shape index (κ2) is 9.98. The second-order valence-electron chi connectivity index (χ2n) is 7.17. The summed E-state index contributed by atoms with van der Waals surface area (Å²) >= 11 is 6.45. The molecule has 0 radical (unpaired) electrons. The molecule has 0 aliphatic carbocycles. The first kappa shape index (κ1) is 22.1. The number of fused-ring (bicyclic) bond motifs is 1. The molecule has 0 spiro atoms. The van der Waals surface area contributed by atoms with Crippen LogP contribution in [0.4, 0.5) is 11.5 Å². The predicted molar refractivity (Wildman–Crippen MR) is 129 cm³/mol. The number of anilines is 2. The summed E-state index contributed by atoms with van der Waals surface area (Å²) in [5.41, 5.74) is 3.22. The Balaban J connectivity index is 1.55. The minimum atomic E-state index is -0.117. The highest BCUT2D eigenvalue weighted by Gasteiger charge is 2.09. The fourth-order valence-electron chi connectivity index (χ4n) is 2.99. The van der Waals surface area contributed by atoms with Crippen LogP contribution in [0.1, 0.15) is 18.2 Å². The van der Waals surface area contributed by atoms with Gasteiger partial charge in [-0.1, -0.05) is 23.4 Å². The molecule has 33 heavy (non-hydrogen) atoms. The molecule has 2 aromatic heterocycles. The van der Waals surface area contributed by atoms with Crippen LogP contribution in [0.5, 0.6) is 11.5 Å². The van der Waals surface area contributed by atoms with Crippen molar-refractivity contribution in [1.29, 1.82) is 0 Å². The number of aryl methyl sites for hydroxylation is 1. The van der Waals surface area contributed by atoms with E-state index in [1.165, 1.54) is 13.3 Å². The lowest BCUT2D eigenvalue weighted by atomic mass is 10.1. The summed E-state index contributed by atoms with van der Waals surface area (Å²) < 4.78 is 5.83. The van der Waals surface area contributed by atoms with Crippen LogP contribution in [0.2, 0.25) is 5.02 Å². The van der Waals surface area contributed by atoms with Crippen molar-refractivity contribution in [3.05, 3.63) is 77.3 Å². The van der Waals surface area contributed by atoms with Gasteiger partial charge in [-0.05, 0) is 55.5 Å². The first-order valence-electron chi connectivity index (χ1n) is 10.1. The van der Waals surface area contributed by atoms with Crippen molar-refractivity contribution >= 4 is 39.9 Å². The number of carbonyl (C=O) groups excluding carboxylic acids is 1. The van der Waals surface area contributed by atoms with E-state index < -0.39 is 0 Å². The fourth-order valence-corrected chi connectivity index (χ4v) is 3.21. The van der Waals surface area contributed by atoms with Gasteiger partial charge in [0, 0.05) is 29.3 Å². The van der Waals surface area contributed by atoms with Gasteiger partial charge in [-0.2, -0.15) is 0 Å². The monoisotopic (exact) mass is 457 g/mol. The summed E-state index contributed by atoms with van der Waals surface area (Å²) in [4.78, 5) is 23.9. The molecular formula is C25H20ClN5O2.